The van der Waals surface area contributed by atoms with Crippen LogP contribution in [0.4, 0.5) is 17.6 Å². The number of rotatable bonds is 4. The first kappa shape index (κ1) is 21.4. The van der Waals surface area contributed by atoms with E-state index in [0.717, 1.165) is 12.1 Å². The van der Waals surface area contributed by atoms with E-state index in [1.165, 1.54) is 48.0 Å². The average Bonchev–Trinajstić information content (AvgIpc) is 3.05. The lowest BCUT2D eigenvalue weighted by Gasteiger charge is -2.12. The fourth-order valence-electron chi connectivity index (χ4n) is 3.80. The molecule has 5 nitrogen and oxygen atoms in total. The highest BCUT2D eigenvalue weighted by molar-refractivity contribution is 6.08. The Morgan fingerprint density at radius 3 is 2.53 bits per heavy atom. The third kappa shape index (κ3) is 3.55. The minimum absolute atomic E-state index is 0.0389. The number of aromatic carboxylic acids is 1. The Bertz CT molecular complexity index is 1420. The molecule has 0 radical (unpaired) electrons. The van der Waals surface area contributed by atoms with Gasteiger partial charge in [0.2, 0.25) is 0 Å². The van der Waals surface area contributed by atoms with Crippen LogP contribution in [0.1, 0.15) is 27.2 Å². The largest absolute Gasteiger partial charge is 0.477 e. The first-order valence-electron chi connectivity index (χ1n) is 9.48. The topological polar surface area (TPSA) is 75.1 Å². The summed E-state index contributed by atoms with van der Waals surface area (Å²) in [6, 6.07) is 9.98. The third-order valence-electron chi connectivity index (χ3n) is 5.39. The standard InChI is InChI=1S/C23H16F4N2O3/c1-12-13(4-2-6-17(12)24)11-29-18-8-7-14(23(25,26)27)10-16(18)19(20(29)22(31)32)15-5-3-9-28-21(15)30/h2-10H,11H2,1H3,(H,28,30)(H,31,32). The molecule has 164 valence electrons. The summed E-state index contributed by atoms with van der Waals surface area (Å²) >= 11 is 0. The molecule has 2 N–H and O–H groups in total. The molecule has 0 aliphatic rings. The number of aromatic amines is 1. The van der Waals surface area contributed by atoms with Crippen molar-refractivity contribution in [2.45, 2.75) is 19.6 Å². The van der Waals surface area contributed by atoms with Gasteiger partial charge in [0.25, 0.3) is 5.56 Å². The van der Waals surface area contributed by atoms with Gasteiger partial charge in [0.15, 0.2) is 0 Å². The second-order valence-corrected chi connectivity index (χ2v) is 7.28. The summed E-state index contributed by atoms with van der Waals surface area (Å²) in [7, 11) is 0. The van der Waals surface area contributed by atoms with Gasteiger partial charge < -0.3 is 14.7 Å². The average molecular weight is 444 g/mol. The number of hydrogen-bond acceptors (Lipinski definition) is 2. The molecule has 4 rings (SSSR count). The zero-order valence-corrected chi connectivity index (χ0v) is 16.6. The number of carbonyl (C=O) groups is 1. The molecular formula is C23H16F4N2O3. The molecule has 0 atom stereocenters. The van der Waals surface area contributed by atoms with E-state index in [0.29, 0.717) is 5.56 Å². The molecule has 0 saturated heterocycles. The van der Waals surface area contributed by atoms with Crippen LogP contribution in [0.3, 0.4) is 0 Å². The Hall–Kier alpha value is -3.88. The highest BCUT2D eigenvalue weighted by atomic mass is 19.4. The van der Waals surface area contributed by atoms with Gasteiger partial charge in [-0.25, -0.2) is 9.18 Å². The summed E-state index contributed by atoms with van der Waals surface area (Å²) < 4.78 is 55.6. The first-order chi connectivity index (χ1) is 15.1. The lowest BCUT2D eigenvalue weighted by Crippen LogP contribution is -2.14. The number of benzene rings is 2. The van der Waals surface area contributed by atoms with E-state index in [2.05, 4.69) is 4.98 Å². The van der Waals surface area contributed by atoms with Gasteiger partial charge in [-0.2, -0.15) is 13.2 Å². The van der Waals surface area contributed by atoms with Gasteiger partial charge in [0.1, 0.15) is 11.5 Å². The van der Waals surface area contributed by atoms with Crippen molar-refractivity contribution in [1.82, 2.24) is 9.55 Å². The summed E-state index contributed by atoms with van der Waals surface area (Å²) in [5.41, 5.74) is -1.27. The first-order valence-corrected chi connectivity index (χ1v) is 9.48. The predicted octanol–water partition coefficient (Wildman–Crippen LogP) is 5.21. The Morgan fingerprint density at radius 1 is 1.12 bits per heavy atom. The van der Waals surface area contributed by atoms with Gasteiger partial charge >= 0.3 is 12.1 Å². The summed E-state index contributed by atoms with van der Waals surface area (Å²) in [6.45, 7) is 1.42. The number of carboxylic acids is 1. The number of carboxylic acid groups (broad SMARTS) is 1. The molecule has 4 aromatic rings. The number of nitrogens with one attached hydrogen (secondary N) is 1. The third-order valence-corrected chi connectivity index (χ3v) is 5.39. The van der Waals surface area contributed by atoms with Gasteiger partial charge in [-0.1, -0.05) is 12.1 Å². The number of hydrogen-bond donors (Lipinski definition) is 2. The van der Waals surface area contributed by atoms with Gasteiger partial charge in [0, 0.05) is 34.8 Å². The normalized spacial score (nSPS) is 11.8. The van der Waals surface area contributed by atoms with Gasteiger partial charge in [-0.05, 0) is 54.4 Å². The van der Waals surface area contributed by atoms with Crippen molar-refractivity contribution in [2.75, 3.05) is 0 Å². The molecule has 32 heavy (non-hydrogen) atoms. The van der Waals surface area contributed by atoms with E-state index >= 15 is 0 Å². The number of nitrogens with zero attached hydrogens (tertiary/aromatic N) is 1. The van der Waals surface area contributed by atoms with E-state index in [1.54, 1.807) is 6.07 Å². The van der Waals surface area contributed by atoms with E-state index in [9.17, 15) is 32.3 Å². The molecule has 2 heterocycles. The number of halogens is 4. The Labute approximate surface area is 178 Å². The second kappa shape index (κ2) is 7.67. The molecule has 0 amide bonds. The number of alkyl halides is 3. The summed E-state index contributed by atoms with van der Waals surface area (Å²) in [5.74, 6) is -1.92. The maximum absolute atomic E-state index is 14.1. The van der Waals surface area contributed by atoms with Gasteiger partial charge in [0.05, 0.1) is 5.56 Å². The Kier molecular flexibility index (Phi) is 5.12. The van der Waals surface area contributed by atoms with Crippen LogP contribution in [0.5, 0.6) is 0 Å². The predicted molar refractivity (Wildman–Crippen MR) is 110 cm³/mol. The molecule has 2 aromatic carbocycles. The van der Waals surface area contributed by atoms with Crippen molar-refractivity contribution in [2.24, 2.45) is 0 Å². The molecule has 0 saturated carbocycles. The minimum Gasteiger partial charge on any atom is -0.477 e. The van der Waals surface area contributed by atoms with Crippen LogP contribution in [0.15, 0.2) is 59.5 Å². The fourth-order valence-corrected chi connectivity index (χ4v) is 3.80. The van der Waals surface area contributed by atoms with E-state index in [4.69, 9.17) is 0 Å². The molecular weight excluding hydrogens is 428 g/mol. The number of fused-ring (bicyclic) bond motifs is 1. The van der Waals surface area contributed by atoms with Crippen LogP contribution in [-0.2, 0) is 12.7 Å². The maximum Gasteiger partial charge on any atom is 0.416 e. The van der Waals surface area contributed by atoms with Crippen molar-refractivity contribution < 1.29 is 27.5 Å². The maximum atomic E-state index is 14.1. The quantitative estimate of drug-likeness (QED) is 0.425. The Morgan fingerprint density at radius 2 is 1.88 bits per heavy atom. The van der Waals surface area contributed by atoms with Crippen LogP contribution in [-0.4, -0.2) is 20.6 Å². The van der Waals surface area contributed by atoms with Crippen molar-refractivity contribution >= 4 is 16.9 Å². The molecule has 9 heteroatoms. The molecule has 0 aliphatic heterocycles. The van der Waals surface area contributed by atoms with E-state index in [-0.39, 0.29) is 39.8 Å². The van der Waals surface area contributed by atoms with Crippen molar-refractivity contribution in [1.29, 1.82) is 0 Å². The molecule has 2 aromatic heterocycles. The van der Waals surface area contributed by atoms with Crippen LogP contribution in [0, 0.1) is 12.7 Å². The van der Waals surface area contributed by atoms with Crippen molar-refractivity contribution in [3.05, 3.63) is 93.3 Å². The van der Waals surface area contributed by atoms with Crippen LogP contribution in [0.2, 0.25) is 0 Å². The molecule has 0 bridgehead atoms. The zero-order valence-electron chi connectivity index (χ0n) is 16.6. The minimum atomic E-state index is -4.67. The van der Waals surface area contributed by atoms with Crippen LogP contribution >= 0.6 is 0 Å². The van der Waals surface area contributed by atoms with Crippen LogP contribution in [0.25, 0.3) is 22.0 Å². The summed E-state index contributed by atoms with van der Waals surface area (Å²) in [6.07, 6.45) is -3.33. The smallest absolute Gasteiger partial charge is 0.416 e. The summed E-state index contributed by atoms with van der Waals surface area (Å²) in [4.78, 5) is 27.2. The SMILES string of the molecule is Cc1c(F)cccc1Cn1c(C(=O)O)c(-c2ccc[nH]c2=O)c2cc(C(F)(F)F)ccc21. The summed E-state index contributed by atoms with van der Waals surface area (Å²) in [5, 5.41) is 9.96. The van der Waals surface area contributed by atoms with E-state index < -0.39 is 29.1 Å². The lowest BCUT2D eigenvalue weighted by atomic mass is 10.0. The van der Waals surface area contributed by atoms with Crippen LogP contribution < -0.4 is 5.56 Å². The fraction of sp³-hybridized carbons (Fsp3) is 0.130. The number of aromatic nitrogens is 2. The van der Waals surface area contributed by atoms with Crippen molar-refractivity contribution in [3.8, 4) is 11.1 Å². The molecule has 0 unspecified atom stereocenters. The molecule has 0 aliphatic carbocycles. The monoisotopic (exact) mass is 444 g/mol. The number of H-pyrrole nitrogens is 1. The molecule has 0 fully saturated rings. The molecule has 0 spiro atoms. The second-order valence-electron chi connectivity index (χ2n) is 7.28. The number of pyridine rings is 1. The van der Waals surface area contributed by atoms with Gasteiger partial charge in [-0.15, -0.1) is 0 Å². The highest BCUT2D eigenvalue weighted by Gasteiger charge is 2.33. The highest BCUT2D eigenvalue weighted by Crippen LogP contribution is 2.38. The van der Waals surface area contributed by atoms with Gasteiger partial charge in [-0.3, -0.25) is 4.79 Å². The Balaban J connectivity index is 2.11. The lowest BCUT2D eigenvalue weighted by molar-refractivity contribution is -0.137. The van der Waals surface area contributed by atoms with Crippen molar-refractivity contribution in [3.63, 3.8) is 0 Å². The van der Waals surface area contributed by atoms with E-state index in [1.807, 2.05) is 0 Å². The zero-order chi connectivity index (χ0) is 23.2.